The molecule has 0 bridgehead atoms. The fourth-order valence-electron chi connectivity index (χ4n) is 1.15. The summed E-state index contributed by atoms with van der Waals surface area (Å²) in [5.74, 6) is -0.372. The average Bonchev–Trinajstić information content (AvgIpc) is 2.25. The number of aliphatic carboxylic acids is 1. The Balaban J connectivity index is 2.72. The van der Waals surface area contributed by atoms with Crippen LogP contribution in [0.5, 0.6) is 5.75 Å². The predicted molar refractivity (Wildman–Crippen MR) is 59.9 cm³/mol. The summed E-state index contributed by atoms with van der Waals surface area (Å²) in [5.41, 5.74) is 0.725. The molecule has 0 radical (unpaired) electrons. The lowest BCUT2D eigenvalue weighted by molar-refractivity contribution is -0.149. The van der Waals surface area contributed by atoms with E-state index < -0.39 is 12.1 Å². The van der Waals surface area contributed by atoms with Crippen molar-refractivity contribution in [2.24, 2.45) is 0 Å². The second-order valence-corrected chi connectivity index (χ2v) is 3.68. The van der Waals surface area contributed by atoms with Crippen molar-refractivity contribution in [2.75, 3.05) is 7.11 Å². The Morgan fingerprint density at radius 1 is 1.56 bits per heavy atom. The van der Waals surface area contributed by atoms with Gasteiger partial charge in [-0.1, -0.05) is 11.6 Å². The van der Waals surface area contributed by atoms with Crippen molar-refractivity contribution >= 4 is 17.6 Å². The third-order valence-corrected chi connectivity index (χ3v) is 2.31. The molecule has 4 nitrogen and oxygen atoms in total. The van der Waals surface area contributed by atoms with Gasteiger partial charge >= 0.3 is 5.97 Å². The first-order chi connectivity index (χ1) is 7.54. The van der Waals surface area contributed by atoms with Gasteiger partial charge in [0.2, 0.25) is 0 Å². The van der Waals surface area contributed by atoms with E-state index >= 15 is 0 Å². The highest BCUT2D eigenvalue weighted by Gasteiger charge is 2.12. The van der Waals surface area contributed by atoms with Gasteiger partial charge in [0.05, 0.1) is 13.7 Å². The van der Waals surface area contributed by atoms with Crippen molar-refractivity contribution in [1.82, 2.24) is 0 Å². The molecule has 1 rings (SSSR count). The zero-order chi connectivity index (χ0) is 12.1. The number of ether oxygens (including phenoxy) is 2. The molecular weight excluding hydrogens is 232 g/mol. The molecule has 1 unspecified atom stereocenters. The fourth-order valence-corrected chi connectivity index (χ4v) is 1.34. The first-order valence-electron chi connectivity index (χ1n) is 4.71. The number of halogens is 1. The normalized spacial score (nSPS) is 12.2. The summed E-state index contributed by atoms with van der Waals surface area (Å²) in [6, 6.07) is 5.10. The molecular formula is C11H13ClO4. The minimum Gasteiger partial charge on any atom is -0.496 e. The van der Waals surface area contributed by atoms with Gasteiger partial charge in [0, 0.05) is 10.6 Å². The van der Waals surface area contributed by atoms with Crippen molar-refractivity contribution < 1.29 is 19.4 Å². The minimum atomic E-state index is -0.999. The van der Waals surface area contributed by atoms with Crippen LogP contribution in [0.25, 0.3) is 0 Å². The van der Waals surface area contributed by atoms with E-state index in [1.165, 1.54) is 14.0 Å². The standard InChI is InChI=1S/C11H13ClO4/c1-7(11(13)14)16-6-8-5-9(12)3-4-10(8)15-2/h3-5,7H,6H2,1-2H3,(H,13,14). The van der Waals surface area contributed by atoms with E-state index in [1.54, 1.807) is 18.2 Å². The van der Waals surface area contributed by atoms with Crippen LogP contribution in [0.3, 0.4) is 0 Å². The fraction of sp³-hybridized carbons (Fsp3) is 0.364. The van der Waals surface area contributed by atoms with Gasteiger partial charge in [-0.05, 0) is 25.1 Å². The van der Waals surface area contributed by atoms with E-state index in [0.717, 1.165) is 5.56 Å². The highest BCUT2D eigenvalue weighted by molar-refractivity contribution is 6.30. The van der Waals surface area contributed by atoms with Gasteiger partial charge in [0.1, 0.15) is 5.75 Å². The van der Waals surface area contributed by atoms with Crippen molar-refractivity contribution in [3.8, 4) is 5.75 Å². The summed E-state index contributed by atoms with van der Waals surface area (Å²) < 4.78 is 10.3. The summed E-state index contributed by atoms with van der Waals surface area (Å²) in [4.78, 5) is 10.6. The smallest absolute Gasteiger partial charge is 0.332 e. The molecule has 16 heavy (non-hydrogen) atoms. The molecule has 1 atom stereocenters. The molecule has 0 spiro atoms. The first kappa shape index (κ1) is 12.8. The summed E-state index contributed by atoms with van der Waals surface area (Å²) in [6.45, 7) is 1.62. The molecule has 1 N–H and O–H groups in total. The van der Waals surface area contributed by atoms with E-state index in [4.69, 9.17) is 26.2 Å². The summed E-state index contributed by atoms with van der Waals surface area (Å²) >= 11 is 5.82. The zero-order valence-electron chi connectivity index (χ0n) is 9.07. The lowest BCUT2D eigenvalue weighted by atomic mass is 10.2. The molecule has 5 heteroatoms. The lowest BCUT2D eigenvalue weighted by Gasteiger charge is -2.11. The predicted octanol–water partition coefficient (Wildman–Crippen LogP) is 2.34. The van der Waals surface area contributed by atoms with Crippen LogP contribution in [0.15, 0.2) is 18.2 Å². The zero-order valence-corrected chi connectivity index (χ0v) is 9.82. The molecule has 0 heterocycles. The van der Waals surface area contributed by atoms with Crippen LogP contribution in [-0.2, 0) is 16.1 Å². The van der Waals surface area contributed by atoms with Crippen LogP contribution in [0.1, 0.15) is 12.5 Å². The van der Waals surface area contributed by atoms with E-state index in [9.17, 15) is 4.79 Å². The van der Waals surface area contributed by atoms with Crippen molar-refractivity contribution in [1.29, 1.82) is 0 Å². The third kappa shape index (κ3) is 3.40. The molecule has 0 aliphatic carbocycles. The number of hydrogen-bond acceptors (Lipinski definition) is 3. The topological polar surface area (TPSA) is 55.8 Å². The lowest BCUT2D eigenvalue weighted by Crippen LogP contribution is -2.19. The summed E-state index contributed by atoms with van der Waals surface area (Å²) in [6.07, 6.45) is -0.858. The number of carbonyl (C=O) groups is 1. The number of benzene rings is 1. The van der Waals surface area contributed by atoms with E-state index in [-0.39, 0.29) is 6.61 Å². The van der Waals surface area contributed by atoms with Crippen LogP contribution in [-0.4, -0.2) is 24.3 Å². The second kappa shape index (κ2) is 5.72. The number of carboxylic acid groups (broad SMARTS) is 1. The molecule has 88 valence electrons. The molecule has 0 saturated carbocycles. The molecule has 0 aliphatic rings. The molecule has 1 aromatic carbocycles. The summed E-state index contributed by atoms with van der Waals surface area (Å²) in [7, 11) is 1.54. The Morgan fingerprint density at radius 2 is 2.25 bits per heavy atom. The van der Waals surface area contributed by atoms with Gasteiger partial charge in [0.25, 0.3) is 0 Å². The monoisotopic (exact) mass is 244 g/mol. The van der Waals surface area contributed by atoms with Crippen LogP contribution in [0.2, 0.25) is 5.02 Å². The number of methoxy groups -OCH3 is 1. The average molecular weight is 245 g/mol. The Hall–Kier alpha value is -1.26. The minimum absolute atomic E-state index is 0.150. The third-order valence-electron chi connectivity index (χ3n) is 2.08. The van der Waals surface area contributed by atoms with E-state index in [2.05, 4.69) is 0 Å². The highest BCUT2D eigenvalue weighted by Crippen LogP contribution is 2.23. The Labute approximate surface area is 98.7 Å². The van der Waals surface area contributed by atoms with Crippen LogP contribution in [0, 0.1) is 0 Å². The van der Waals surface area contributed by atoms with Crippen molar-refractivity contribution in [3.05, 3.63) is 28.8 Å². The highest BCUT2D eigenvalue weighted by atomic mass is 35.5. The Morgan fingerprint density at radius 3 is 2.81 bits per heavy atom. The molecule has 0 aliphatic heterocycles. The van der Waals surface area contributed by atoms with Gasteiger partial charge in [0.15, 0.2) is 6.10 Å². The number of rotatable bonds is 5. The second-order valence-electron chi connectivity index (χ2n) is 3.25. The molecule has 0 aromatic heterocycles. The maximum absolute atomic E-state index is 10.6. The van der Waals surface area contributed by atoms with Gasteiger partial charge in [-0.15, -0.1) is 0 Å². The van der Waals surface area contributed by atoms with Gasteiger partial charge < -0.3 is 14.6 Å². The molecule has 0 amide bonds. The molecule has 1 aromatic rings. The van der Waals surface area contributed by atoms with Crippen LogP contribution >= 0.6 is 11.6 Å². The van der Waals surface area contributed by atoms with E-state index in [0.29, 0.717) is 10.8 Å². The van der Waals surface area contributed by atoms with E-state index in [1.807, 2.05) is 0 Å². The van der Waals surface area contributed by atoms with Gasteiger partial charge in [-0.25, -0.2) is 4.79 Å². The maximum atomic E-state index is 10.6. The summed E-state index contributed by atoms with van der Waals surface area (Å²) in [5, 5.41) is 9.22. The largest absolute Gasteiger partial charge is 0.496 e. The molecule has 0 fully saturated rings. The van der Waals surface area contributed by atoms with Crippen LogP contribution < -0.4 is 4.74 Å². The quantitative estimate of drug-likeness (QED) is 0.864. The van der Waals surface area contributed by atoms with Gasteiger partial charge in [-0.3, -0.25) is 0 Å². The first-order valence-corrected chi connectivity index (χ1v) is 5.09. The van der Waals surface area contributed by atoms with Crippen LogP contribution in [0.4, 0.5) is 0 Å². The molecule has 0 saturated heterocycles. The SMILES string of the molecule is COc1ccc(Cl)cc1COC(C)C(=O)O. The number of hydrogen-bond donors (Lipinski definition) is 1. The van der Waals surface area contributed by atoms with Crippen molar-refractivity contribution in [3.63, 3.8) is 0 Å². The van der Waals surface area contributed by atoms with Crippen molar-refractivity contribution in [2.45, 2.75) is 19.6 Å². The Bertz CT molecular complexity index is 378. The Kier molecular flexibility index (Phi) is 4.58. The van der Waals surface area contributed by atoms with Gasteiger partial charge in [-0.2, -0.15) is 0 Å². The maximum Gasteiger partial charge on any atom is 0.332 e. The number of carboxylic acids is 1.